The van der Waals surface area contributed by atoms with Gasteiger partial charge in [0, 0.05) is 5.69 Å². The standard InChI is InChI=1S/C20H21FN4O2S/c1-12(2)17(19(26)22-13-8-10-14(27-3)11-9-13)28-20-23-18(24-25-20)15-6-4-5-7-16(15)21/h4-12,17H,1-3H3,(H,22,26)(H,23,24,25). The van der Waals surface area contributed by atoms with Crippen LogP contribution >= 0.6 is 11.8 Å². The first-order chi connectivity index (χ1) is 13.5. The first-order valence-corrected chi connectivity index (χ1v) is 9.64. The number of thioether (sulfide) groups is 1. The predicted molar refractivity (Wildman–Crippen MR) is 108 cm³/mol. The Bertz CT molecular complexity index is 943. The van der Waals surface area contributed by atoms with Gasteiger partial charge < -0.3 is 10.1 Å². The zero-order chi connectivity index (χ0) is 20.1. The molecule has 0 fully saturated rings. The third-order valence-electron chi connectivity index (χ3n) is 4.05. The summed E-state index contributed by atoms with van der Waals surface area (Å²) in [7, 11) is 1.59. The maximum Gasteiger partial charge on any atom is 0.238 e. The molecule has 0 radical (unpaired) electrons. The predicted octanol–water partition coefficient (Wildman–Crippen LogP) is 4.37. The van der Waals surface area contributed by atoms with E-state index in [1.807, 2.05) is 13.8 Å². The molecule has 0 aliphatic rings. The van der Waals surface area contributed by atoms with Gasteiger partial charge in [0.2, 0.25) is 11.1 Å². The van der Waals surface area contributed by atoms with Gasteiger partial charge >= 0.3 is 0 Å². The highest BCUT2D eigenvalue weighted by molar-refractivity contribution is 8.00. The quantitative estimate of drug-likeness (QED) is 0.576. The Hall–Kier alpha value is -2.87. The van der Waals surface area contributed by atoms with Crippen molar-refractivity contribution < 1.29 is 13.9 Å². The van der Waals surface area contributed by atoms with E-state index in [0.29, 0.717) is 28.0 Å². The number of anilines is 1. The number of aromatic nitrogens is 3. The van der Waals surface area contributed by atoms with E-state index >= 15 is 0 Å². The van der Waals surface area contributed by atoms with Crippen LogP contribution in [0.4, 0.5) is 10.1 Å². The van der Waals surface area contributed by atoms with Crippen molar-refractivity contribution in [3.63, 3.8) is 0 Å². The summed E-state index contributed by atoms with van der Waals surface area (Å²) in [5.41, 5.74) is 1.02. The van der Waals surface area contributed by atoms with Gasteiger partial charge in [-0.05, 0) is 42.3 Å². The molecule has 2 N–H and O–H groups in total. The first-order valence-electron chi connectivity index (χ1n) is 8.77. The minimum absolute atomic E-state index is 0.0404. The highest BCUT2D eigenvalue weighted by Gasteiger charge is 2.26. The van der Waals surface area contributed by atoms with Gasteiger partial charge in [-0.1, -0.05) is 37.7 Å². The molecule has 1 atom stereocenters. The van der Waals surface area contributed by atoms with Gasteiger partial charge in [0.05, 0.1) is 17.9 Å². The van der Waals surface area contributed by atoms with E-state index in [0.717, 1.165) is 0 Å². The average Bonchev–Trinajstić information content (AvgIpc) is 3.15. The largest absolute Gasteiger partial charge is 0.497 e. The normalized spacial score (nSPS) is 12.0. The Morgan fingerprint density at radius 2 is 1.89 bits per heavy atom. The van der Waals surface area contributed by atoms with E-state index in [1.54, 1.807) is 49.6 Å². The molecule has 3 rings (SSSR count). The number of hydrogen-bond donors (Lipinski definition) is 2. The fourth-order valence-electron chi connectivity index (χ4n) is 2.57. The number of ether oxygens (including phenoxy) is 1. The van der Waals surface area contributed by atoms with Crippen LogP contribution in [0.3, 0.4) is 0 Å². The van der Waals surface area contributed by atoms with Crippen molar-refractivity contribution in [1.29, 1.82) is 0 Å². The average molecular weight is 400 g/mol. The van der Waals surface area contributed by atoms with Crippen LogP contribution in [0.25, 0.3) is 11.4 Å². The van der Waals surface area contributed by atoms with Gasteiger partial charge in [-0.2, -0.15) is 0 Å². The molecule has 0 bridgehead atoms. The van der Waals surface area contributed by atoms with Gasteiger partial charge in [-0.15, -0.1) is 5.10 Å². The van der Waals surface area contributed by atoms with Crippen LogP contribution in [0.1, 0.15) is 13.8 Å². The Morgan fingerprint density at radius 1 is 1.18 bits per heavy atom. The van der Waals surface area contributed by atoms with E-state index in [1.165, 1.54) is 17.8 Å². The second kappa shape index (κ2) is 8.88. The Kier molecular flexibility index (Phi) is 6.30. The molecule has 0 spiro atoms. The number of hydrogen-bond acceptors (Lipinski definition) is 5. The van der Waals surface area contributed by atoms with Crippen molar-refractivity contribution >= 4 is 23.4 Å². The van der Waals surface area contributed by atoms with Crippen molar-refractivity contribution in [2.24, 2.45) is 5.92 Å². The molecule has 146 valence electrons. The fourth-order valence-corrected chi connectivity index (χ4v) is 3.47. The van der Waals surface area contributed by atoms with Crippen molar-refractivity contribution in [2.75, 3.05) is 12.4 Å². The third-order valence-corrected chi connectivity index (χ3v) is 5.45. The number of nitrogens with zero attached hydrogens (tertiary/aromatic N) is 2. The van der Waals surface area contributed by atoms with Gasteiger partial charge in [0.25, 0.3) is 0 Å². The lowest BCUT2D eigenvalue weighted by atomic mass is 10.1. The molecule has 8 heteroatoms. The molecule has 3 aromatic rings. The lowest BCUT2D eigenvalue weighted by Crippen LogP contribution is -2.29. The number of carbonyl (C=O) groups excluding carboxylic acids is 1. The second-order valence-electron chi connectivity index (χ2n) is 6.45. The van der Waals surface area contributed by atoms with Gasteiger partial charge in [-0.3, -0.25) is 9.89 Å². The number of nitrogens with one attached hydrogen (secondary N) is 2. The molecule has 1 heterocycles. The molecule has 0 aliphatic carbocycles. The fraction of sp³-hybridized carbons (Fsp3) is 0.250. The third kappa shape index (κ3) is 4.69. The van der Waals surface area contributed by atoms with Crippen molar-refractivity contribution in [2.45, 2.75) is 24.3 Å². The highest BCUT2D eigenvalue weighted by Crippen LogP contribution is 2.29. The molecule has 6 nitrogen and oxygen atoms in total. The minimum atomic E-state index is -0.411. The van der Waals surface area contributed by atoms with Crippen LogP contribution in [0, 0.1) is 11.7 Å². The zero-order valence-electron chi connectivity index (χ0n) is 15.8. The van der Waals surface area contributed by atoms with Crippen molar-refractivity contribution in [3.8, 4) is 17.1 Å². The number of H-pyrrole nitrogens is 1. The Morgan fingerprint density at radius 3 is 2.54 bits per heavy atom. The molecule has 0 aliphatic heterocycles. The molecule has 1 unspecified atom stereocenters. The topological polar surface area (TPSA) is 79.9 Å². The summed E-state index contributed by atoms with van der Waals surface area (Å²) in [6, 6.07) is 13.5. The maximum atomic E-state index is 13.9. The monoisotopic (exact) mass is 400 g/mol. The molecule has 1 aromatic heterocycles. The number of methoxy groups -OCH3 is 1. The van der Waals surface area contributed by atoms with E-state index in [9.17, 15) is 9.18 Å². The van der Waals surface area contributed by atoms with E-state index < -0.39 is 5.25 Å². The summed E-state index contributed by atoms with van der Waals surface area (Å²) in [6.07, 6.45) is 0. The van der Waals surface area contributed by atoms with Gasteiger partial charge in [0.1, 0.15) is 11.6 Å². The number of carbonyl (C=O) groups is 1. The SMILES string of the molecule is COc1ccc(NC(=O)C(Sc2n[nH]c(-c3ccccc3F)n2)C(C)C)cc1. The van der Waals surface area contributed by atoms with Crippen LogP contribution in [0.15, 0.2) is 53.7 Å². The molecule has 0 saturated carbocycles. The molecule has 28 heavy (non-hydrogen) atoms. The number of aromatic amines is 1. The molecular weight excluding hydrogens is 379 g/mol. The highest BCUT2D eigenvalue weighted by atomic mass is 32.2. The summed E-state index contributed by atoms with van der Waals surface area (Å²) in [5.74, 6) is 0.557. The molecule has 1 amide bonds. The minimum Gasteiger partial charge on any atom is -0.497 e. The lowest BCUT2D eigenvalue weighted by molar-refractivity contribution is -0.116. The summed E-state index contributed by atoms with van der Waals surface area (Å²) >= 11 is 1.24. The molecular formula is C20H21FN4O2S. The first kappa shape index (κ1) is 19.9. The van der Waals surface area contributed by atoms with Crippen molar-refractivity contribution in [3.05, 3.63) is 54.3 Å². The van der Waals surface area contributed by atoms with E-state index in [-0.39, 0.29) is 17.6 Å². The molecule has 0 saturated heterocycles. The van der Waals surface area contributed by atoms with Crippen LogP contribution in [-0.2, 0) is 4.79 Å². The second-order valence-corrected chi connectivity index (χ2v) is 7.56. The van der Waals surface area contributed by atoms with Crippen LogP contribution in [-0.4, -0.2) is 33.4 Å². The van der Waals surface area contributed by atoms with Gasteiger partial charge in [0.15, 0.2) is 5.82 Å². The smallest absolute Gasteiger partial charge is 0.238 e. The summed E-state index contributed by atoms with van der Waals surface area (Å²) in [4.78, 5) is 17.1. The number of rotatable bonds is 7. The van der Waals surface area contributed by atoms with Gasteiger partial charge in [-0.25, -0.2) is 9.37 Å². The maximum absolute atomic E-state index is 13.9. The zero-order valence-corrected chi connectivity index (χ0v) is 16.6. The number of benzene rings is 2. The van der Waals surface area contributed by atoms with E-state index in [4.69, 9.17) is 4.74 Å². The Balaban J connectivity index is 1.72. The van der Waals surface area contributed by atoms with Crippen LogP contribution in [0.5, 0.6) is 5.75 Å². The van der Waals surface area contributed by atoms with Crippen LogP contribution < -0.4 is 10.1 Å². The summed E-state index contributed by atoms with van der Waals surface area (Å²) in [6.45, 7) is 3.91. The molecule has 2 aromatic carbocycles. The van der Waals surface area contributed by atoms with Crippen molar-refractivity contribution in [1.82, 2.24) is 15.2 Å². The Labute approximate surface area is 166 Å². The van der Waals surface area contributed by atoms with E-state index in [2.05, 4.69) is 20.5 Å². The number of amides is 1. The van der Waals surface area contributed by atoms with Crippen LogP contribution in [0.2, 0.25) is 0 Å². The lowest BCUT2D eigenvalue weighted by Gasteiger charge is -2.18. The summed E-state index contributed by atoms with van der Waals surface area (Å²) < 4.78 is 19.1. The summed E-state index contributed by atoms with van der Waals surface area (Å²) in [5, 5.41) is 9.75. The number of halogens is 1.